The molecule has 22 heavy (non-hydrogen) atoms. The first-order valence-corrected chi connectivity index (χ1v) is 8.27. The van der Waals surface area contributed by atoms with Crippen LogP contribution >= 0.6 is 11.6 Å². The van der Waals surface area contributed by atoms with Crippen LogP contribution in [-0.2, 0) is 13.6 Å². The average Bonchev–Trinajstić information content (AvgIpc) is 2.98. The fraction of sp³-hybridized carbons (Fsp3) is 0.667. The fourth-order valence-corrected chi connectivity index (χ4v) is 3.68. The van der Waals surface area contributed by atoms with Gasteiger partial charge in [-0.05, 0) is 39.2 Å². The molecule has 1 aliphatic carbocycles. The number of hydrogen-bond acceptors (Lipinski definition) is 5. The lowest BCUT2D eigenvalue weighted by Crippen LogP contribution is -2.24. The van der Waals surface area contributed by atoms with Gasteiger partial charge < -0.3 is 4.52 Å². The van der Waals surface area contributed by atoms with Gasteiger partial charge in [0.1, 0.15) is 5.15 Å². The average molecular weight is 322 g/mol. The maximum Gasteiger partial charge on any atom is 0.229 e. The first-order valence-electron chi connectivity index (χ1n) is 7.89. The summed E-state index contributed by atoms with van der Waals surface area (Å²) >= 11 is 6.44. The van der Waals surface area contributed by atoms with Crippen molar-refractivity contribution in [3.05, 3.63) is 28.1 Å². The summed E-state index contributed by atoms with van der Waals surface area (Å²) in [6.07, 6.45) is 4.61. The minimum Gasteiger partial charge on any atom is -0.339 e. The predicted molar refractivity (Wildman–Crippen MR) is 81.6 cm³/mol. The van der Waals surface area contributed by atoms with E-state index in [-0.39, 0.29) is 0 Å². The first kappa shape index (κ1) is 14.2. The van der Waals surface area contributed by atoms with E-state index in [9.17, 15) is 0 Å². The van der Waals surface area contributed by atoms with Gasteiger partial charge in [0.25, 0.3) is 0 Å². The first-order chi connectivity index (χ1) is 10.6. The topological polar surface area (TPSA) is 60.0 Å². The summed E-state index contributed by atoms with van der Waals surface area (Å²) in [6, 6.07) is 0.295. The highest BCUT2D eigenvalue weighted by atomic mass is 35.5. The summed E-state index contributed by atoms with van der Waals surface area (Å²) < 4.78 is 7.11. The lowest BCUT2D eigenvalue weighted by Gasteiger charge is -2.23. The molecule has 118 valence electrons. The largest absolute Gasteiger partial charge is 0.339 e. The molecule has 0 spiro atoms. The van der Waals surface area contributed by atoms with Crippen LogP contribution in [0.25, 0.3) is 0 Å². The molecule has 0 radical (unpaired) electrons. The Balaban J connectivity index is 1.55. The zero-order chi connectivity index (χ0) is 15.3. The molecule has 1 atom stereocenters. The monoisotopic (exact) mass is 321 g/mol. The number of aromatic nitrogens is 4. The molecule has 2 aromatic heterocycles. The predicted octanol–water partition coefficient (Wildman–Crippen LogP) is 2.98. The van der Waals surface area contributed by atoms with Crippen LogP contribution in [-0.4, -0.2) is 31.4 Å². The number of likely N-dealkylation sites (tertiary alicyclic amines) is 1. The number of rotatable bonds is 4. The summed E-state index contributed by atoms with van der Waals surface area (Å²) in [5.41, 5.74) is 2.16. The lowest BCUT2D eigenvalue weighted by atomic mass is 10.1. The van der Waals surface area contributed by atoms with Crippen molar-refractivity contribution in [2.75, 3.05) is 6.54 Å². The van der Waals surface area contributed by atoms with Crippen molar-refractivity contribution in [3.8, 4) is 0 Å². The van der Waals surface area contributed by atoms with Gasteiger partial charge in [0.2, 0.25) is 5.89 Å². The molecule has 2 fully saturated rings. The van der Waals surface area contributed by atoms with E-state index >= 15 is 0 Å². The second-order valence-electron chi connectivity index (χ2n) is 6.37. The summed E-state index contributed by atoms with van der Waals surface area (Å²) in [6.45, 7) is 3.77. The van der Waals surface area contributed by atoms with E-state index in [1.54, 1.807) is 4.68 Å². The van der Waals surface area contributed by atoms with E-state index in [0.717, 1.165) is 47.5 Å². The zero-order valence-electron chi connectivity index (χ0n) is 12.9. The quantitative estimate of drug-likeness (QED) is 0.866. The van der Waals surface area contributed by atoms with E-state index in [1.807, 2.05) is 14.0 Å². The molecular formula is C15H20ClN5O. The van der Waals surface area contributed by atoms with Crippen molar-refractivity contribution < 1.29 is 4.52 Å². The molecule has 3 heterocycles. The van der Waals surface area contributed by atoms with Crippen molar-refractivity contribution in [1.82, 2.24) is 24.8 Å². The smallest absolute Gasteiger partial charge is 0.229 e. The maximum atomic E-state index is 6.44. The van der Waals surface area contributed by atoms with Crippen LogP contribution in [0.1, 0.15) is 60.6 Å². The third-order valence-electron chi connectivity index (χ3n) is 4.65. The van der Waals surface area contributed by atoms with Crippen molar-refractivity contribution in [1.29, 1.82) is 0 Å². The maximum absolute atomic E-state index is 6.44. The Morgan fingerprint density at radius 3 is 2.82 bits per heavy atom. The number of hydrogen-bond donors (Lipinski definition) is 0. The highest BCUT2D eigenvalue weighted by molar-refractivity contribution is 6.30. The molecule has 0 N–H and O–H groups in total. The summed E-state index contributed by atoms with van der Waals surface area (Å²) in [5, 5.41) is 9.32. The summed E-state index contributed by atoms with van der Waals surface area (Å²) in [4.78, 5) is 6.93. The van der Waals surface area contributed by atoms with Crippen molar-refractivity contribution in [3.63, 3.8) is 0 Å². The van der Waals surface area contributed by atoms with Gasteiger partial charge in [-0.1, -0.05) is 16.8 Å². The van der Waals surface area contributed by atoms with Crippen LogP contribution < -0.4 is 0 Å². The van der Waals surface area contributed by atoms with Crippen molar-refractivity contribution in [2.45, 2.75) is 51.1 Å². The Hall–Kier alpha value is -1.40. The Morgan fingerprint density at radius 1 is 1.32 bits per heavy atom. The molecule has 1 aliphatic heterocycles. The number of nitrogens with zero attached hydrogens (tertiary/aromatic N) is 5. The molecule has 6 nitrogen and oxygen atoms in total. The van der Waals surface area contributed by atoms with Gasteiger partial charge in [-0.2, -0.15) is 10.1 Å². The molecule has 1 saturated heterocycles. The van der Waals surface area contributed by atoms with Crippen LogP contribution in [0.15, 0.2) is 4.52 Å². The van der Waals surface area contributed by atoms with Crippen LogP contribution in [0.3, 0.4) is 0 Å². The highest BCUT2D eigenvalue weighted by Crippen LogP contribution is 2.40. The number of halogens is 1. The van der Waals surface area contributed by atoms with Gasteiger partial charge in [0, 0.05) is 24.6 Å². The number of aryl methyl sites for hydroxylation is 2. The molecule has 0 amide bonds. The molecule has 2 aromatic rings. The Kier molecular flexibility index (Phi) is 3.46. The Labute approximate surface area is 134 Å². The molecule has 2 aliphatic rings. The summed E-state index contributed by atoms with van der Waals surface area (Å²) in [7, 11) is 1.89. The SMILES string of the molecule is Cc1nn(C)c(Cl)c1[C@H]1CCCN1Cc1noc(C2CC2)n1. The van der Waals surface area contributed by atoms with Crippen LogP contribution in [0.4, 0.5) is 0 Å². The Morgan fingerprint density at radius 2 is 2.14 bits per heavy atom. The molecule has 4 rings (SSSR count). The van der Waals surface area contributed by atoms with Gasteiger partial charge in [-0.15, -0.1) is 0 Å². The molecule has 1 saturated carbocycles. The minimum atomic E-state index is 0.295. The molecular weight excluding hydrogens is 302 g/mol. The minimum absolute atomic E-state index is 0.295. The molecule has 0 aromatic carbocycles. The van der Waals surface area contributed by atoms with E-state index < -0.39 is 0 Å². The standard InChI is InChI=1S/C15H20ClN5O/c1-9-13(14(16)20(2)18-9)11-4-3-7-21(11)8-12-17-15(22-19-12)10-5-6-10/h10-11H,3-8H2,1-2H3/t11-/m1/s1. The third-order valence-corrected chi connectivity index (χ3v) is 5.10. The third kappa shape index (κ3) is 2.44. The van der Waals surface area contributed by atoms with E-state index in [4.69, 9.17) is 16.1 Å². The van der Waals surface area contributed by atoms with E-state index in [2.05, 4.69) is 20.1 Å². The highest BCUT2D eigenvalue weighted by Gasteiger charge is 2.33. The van der Waals surface area contributed by atoms with Crippen LogP contribution in [0, 0.1) is 6.92 Å². The van der Waals surface area contributed by atoms with E-state index in [1.165, 1.54) is 12.8 Å². The fourth-order valence-electron chi connectivity index (χ4n) is 3.38. The molecule has 0 unspecified atom stereocenters. The van der Waals surface area contributed by atoms with Gasteiger partial charge in [-0.3, -0.25) is 9.58 Å². The second kappa shape index (κ2) is 5.35. The normalized spacial score (nSPS) is 22.6. The summed E-state index contributed by atoms with van der Waals surface area (Å²) in [5.74, 6) is 2.10. The second-order valence-corrected chi connectivity index (χ2v) is 6.72. The van der Waals surface area contributed by atoms with Crippen LogP contribution in [0.5, 0.6) is 0 Å². The van der Waals surface area contributed by atoms with Crippen LogP contribution in [0.2, 0.25) is 5.15 Å². The van der Waals surface area contributed by atoms with Gasteiger partial charge in [-0.25, -0.2) is 0 Å². The zero-order valence-corrected chi connectivity index (χ0v) is 13.7. The van der Waals surface area contributed by atoms with E-state index in [0.29, 0.717) is 18.5 Å². The van der Waals surface area contributed by atoms with Gasteiger partial charge in [0.05, 0.1) is 12.2 Å². The van der Waals surface area contributed by atoms with Crippen molar-refractivity contribution in [2.24, 2.45) is 7.05 Å². The van der Waals surface area contributed by atoms with Gasteiger partial charge >= 0.3 is 0 Å². The molecule has 7 heteroatoms. The van der Waals surface area contributed by atoms with Crippen molar-refractivity contribution >= 4 is 11.6 Å². The molecule has 0 bridgehead atoms. The lowest BCUT2D eigenvalue weighted by molar-refractivity contribution is 0.237. The Bertz CT molecular complexity index is 690. The van der Waals surface area contributed by atoms with Gasteiger partial charge in [0.15, 0.2) is 5.82 Å².